The molecule has 8 nitrogen and oxygen atoms in total. The normalized spacial score (nSPS) is 25.6. The fourth-order valence-corrected chi connectivity index (χ4v) is 6.13. The van der Waals surface area contributed by atoms with Crippen LogP contribution in [-0.4, -0.2) is 53.1 Å². The summed E-state index contributed by atoms with van der Waals surface area (Å²) in [5.74, 6) is 2.72. The van der Waals surface area contributed by atoms with Gasteiger partial charge in [-0.05, 0) is 62.1 Å². The van der Waals surface area contributed by atoms with Crippen molar-refractivity contribution in [2.75, 3.05) is 30.5 Å². The molecule has 1 aromatic carbocycles. The van der Waals surface area contributed by atoms with Gasteiger partial charge in [0.25, 0.3) is 5.91 Å². The lowest BCUT2D eigenvalue weighted by atomic mass is 9.80. The average molecular weight is 490 g/mol. The van der Waals surface area contributed by atoms with Crippen LogP contribution >= 0.6 is 0 Å². The van der Waals surface area contributed by atoms with E-state index in [1.54, 1.807) is 13.2 Å². The van der Waals surface area contributed by atoms with Gasteiger partial charge in [-0.15, -0.1) is 0 Å². The van der Waals surface area contributed by atoms with Gasteiger partial charge in [0.1, 0.15) is 17.3 Å². The van der Waals surface area contributed by atoms with Gasteiger partial charge in [0.15, 0.2) is 0 Å². The largest absolute Gasteiger partial charge is 0.494 e. The van der Waals surface area contributed by atoms with E-state index in [-0.39, 0.29) is 12.0 Å². The van der Waals surface area contributed by atoms with Crippen LogP contribution < -0.4 is 15.0 Å². The lowest BCUT2D eigenvalue weighted by Gasteiger charge is -2.30. The molecule has 2 saturated heterocycles. The summed E-state index contributed by atoms with van der Waals surface area (Å²) in [5, 5.41) is 8.88. The first kappa shape index (κ1) is 23.3. The number of hydrogen-bond donors (Lipinski definition) is 1. The van der Waals surface area contributed by atoms with Crippen molar-refractivity contribution in [1.82, 2.24) is 14.8 Å². The van der Waals surface area contributed by atoms with Crippen molar-refractivity contribution in [2.45, 2.75) is 64.1 Å². The zero-order valence-corrected chi connectivity index (χ0v) is 21.3. The van der Waals surface area contributed by atoms with Crippen LogP contribution in [0.25, 0.3) is 10.9 Å². The fourth-order valence-electron chi connectivity index (χ4n) is 6.13. The zero-order valence-electron chi connectivity index (χ0n) is 21.3. The van der Waals surface area contributed by atoms with Gasteiger partial charge in [-0.1, -0.05) is 19.9 Å². The lowest BCUT2D eigenvalue weighted by Crippen LogP contribution is -2.37. The van der Waals surface area contributed by atoms with Crippen molar-refractivity contribution in [1.29, 1.82) is 0 Å². The summed E-state index contributed by atoms with van der Waals surface area (Å²) in [6.07, 6.45) is 8.23. The van der Waals surface area contributed by atoms with E-state index in [0.717, 1.165) is 61.0 Å². The molecule has 190 valence electrons. The lowest BCUT2D eigenvalue weighted by molar-refractivity contribution is 0.0988. The second-order valence-electron chi connectivity index (χ2n) is 10.9. The third kappa shape index (κ3) is 4.32. The van der Waals surface area contributed by atoms with Crippen molar-refractivity contribution in [3.63, 3.8) is 0 Å². The molecule has 36 heavy (non-hydrogen) atoms. The highest BCUT2D eigenvalue weighted by molar-refractivity contribution is 6.05. The van der Waals surface area contributed by atoms with Gasteiger partial charge >= 0.3 is 0 Å². The maximum absolute atomic E-state index is 13.2. The van der Waals surface area contributed by atoms with Gasteiger partial charge < -0.3 is 19.7 Å². The van der Waals surface area contributed by atoms with Crippen LogP contribution in [0.15, 0.2) is 36.5 Å². The Bertz CT molecular complexity index is 1260. The second kappa shape index (κ2) is 9.39. The van der Waals surface area contributed by atoms with Crippen LogP contribution in [0.5, 0.6) is 5.75 Å². The molecule has 2 aliphatic heterocycles. The van der Waals surface area contributed by atoms with E-state index in [4.69, 9.17) is 14.6 Å². The van der Waals surface area contributed by atoms with Gasteiger partial charge in [0.05, 0.1) is 43.1 Å². The predicted molar refractivity (Wildman–Crippen MR) is 140 cm³/mol. The first-order valence-corrected chi connectivity index (χ1v) is 13.2. The van der Waals surface area contributed by atoms with Crippen LogP contribution in [0, 0.1) is 11.8 Å². The quantitative estimate of drug-likeness (QED) is 0.521. The Hall–Kier alpha value is -3.13. The standard InChI is InChI=1S/C28H35N5O3/c1-17(2)18-7-9-20(10-8-18)33-14-19-11-25(26(35-3)13-24(19)31-33)30-28(34)23-5-4-6-27(29-23)32-15-22-12-21(32)16-36-22/h4-6,11,13-14,17-18,20-22H,7-10,12,15-16H2,1-3H3,(H,30,34)/t18-,20-,21-,22-/m0/s1. The number of carbonyl (C=O) groups is 1. The number of hydrogen-bond acceptors (Lipinski definition) is 6. The highest BCUT2D eigenvalue weighted by atomic mass is 16.5. The molecule has 0 spiro atoms. The molecule has 2 bridgehead atoms. The van der Waals surface area contributed by atoms with Crippen molar-refractivity contribution in [3.05, 3.63) is 42.2 Å². The van der Waals surface area contributed by atoms with E-state index in [9.17, 15) is 4.79 Å². The van der Waals surface area contributed by atoms with Gasteiger partial charge in [0, 0.05) is 24.2 Å². The number of pyridine rings is 1. The molecule has 2 atom stereocenters. The van der Waals surface area contributed by atoms with Crippen molar-refractivity contribution in [3.8, 4) is 5.75 Å². The molecule has 3 aliphatic rings. The summed E-state index contributed by atoms with van der Waals surface area (Å²) in [6, 6.07) is 10.2. The maximum atomic E-state index is 13.2. The van der Waals surface area contributed by atoms with E-state index in [2.05, 4.69) is 39.9 Å². The fraction of sp³-hybridized carbons (Fsp3) is 0.536. The SMILES string of the molecule is COc1cc2nn([C@H]3CC[C@H](C(C)C)CC3)cc2cc1NC(=O)c1cccc(N2C[C@@H]3C[C@H]2CO3)n1. The number of benzene rings is 1. The Morgan fingerprint density at radius 1 is 1.17 bits per heavy atom. The number of rotatable bonds is 6. The van der Waals surface area contributed by atoms with Gasteiger partial charge in [-0.3, -0.25) is 9.48 Å². The third-order valence-electron chi connectivity index (χ3n) is 8.31. The van der Waals surface area contributed by atoms with Crippen LogP contribution in [0.1, 0.15) is 62.5 Å². The van der Waals surface area contributed by atoms with Gasteiger partial charge in [0.2, 0.25) is 0 Å². The van der Waals surface area contributed by atoms with E-state index in [1.165, 1.54) is 12.8 Å². The summed E-state index contributed by atoms with van der Waals surface area (Å²) in [4.78, 5) is 20.1. The highest BCUT2D eigenvalue weighted by Gasteiger charge is 2.39. The molecular formula is C28H35N5O3. The molecule has 1 amide bonds. The molecular weight excluding hydrogens is 454 g/mol. The highest BCUT2D eigenvalue weighted by Crippen LogP contribution is 2.37. The summed E-state index contributed by atoms with van der Waals surface area (Å²) < 4.78 is 13.4. The van der Waals surface area contributed by atoms with Gasteiger partial charge in [-0.2, -0.15) is 5.10 Å². The van der Waals surface area contributed by atoms with Crippen LogP contribution in [-0.2, 0) is 4.74 Å². The van der Waals surface area contributed by atoms with E-state index < -0.39 is 0 Å². The maximum Gasteiger partial charge on any atom is 0.274 e. The second-order valence-corrected chi connectivity index (χ2v) is 10.9. The smallest absolute Gasteiger partial charge is 0.274 e. The number of fused-ring (bicyclic) bond motifs is 3. The molecule has 1 aliphatic carbocycles. The average Bonchev–Trinajstić information content (AvgIpc) is 3.64. The molecule has 4 heterocycles. The van der Waals surface area contributed by atoms with E-state index in [1.807, 2.05) is 24.3 Å². The summed E-state index contributed by atoms with van der Waals surface area (Å²) in [5.41, 5.74) is 1.89. The minimum atomic E-state index is -0.255. The number of amides is 1. The number of methoxy groups -OCH3 is 1. The summed E-state index contributed by atoms with van der Waals surface area (Å²) in [6.45, 7) is 6.21. The van der Waals surface area contributed by atoms with Crippen molar-refractivity contribution in [2.24, 2.45) is 11.8 Å². The number of nitrogens with one attached hydrogen (secondary N) is 1. The Labute approximate surface area is 212 Å². The minimum Gasteiger partial charge on any atom is -0.494 e. The Balaban J connectivity index is 1.20. The monoisotopic (exact) mass is 489 g/mol. The topological polar surface area (TPSA) is 81.5 Å². The predicted octanol–water partition coefficient (Wildman–Crippen LogP) is 5.06. The van der Waals surface area contributed by atoms with Crippen molar-refractivity contribution >= 4 is 28.3 Å². The Kier molecular flexibility index (Phi) is 6.07. The molecule has 6 rings (SSSR count). The van der Waals surface area contributed by atoms with Crippen LogP contribution in [0.3, 0.4) is 0 Å². The Morgan fingerprint density at radius 2 is 2.00 bits per heavy atom. The first-order valence-electron chi connectivity index (χ1n) is 13.2. The zero-order chi connectivity index (χ0) is 24.8. The molecule has 0 radical (unpaired) electrons. The van der Waals surface area contributed by atoms with E-state index >= 15 is 0 Å². The molecule has 2 aromatic heterocycles. The number of anilines is 2. The number of nitrogens with zero attached hydrogens (tertiary/aromatic N) is 4. The molecule has 1 saturated carbocycles. The molecule has 1 N–H and O–H groups in total. The molecule has 0 unspecified atom stereocenters. The first-order chi connectivity index (χ1) is 17.5. The third-order valence-corrected chi connectivity index (χ3v) is 8.31. The summed E-state index contributed by atoms with van der Waals surface area (Å²) in [7, 11) is 1.62. The number of ether oxygens (including phenoxy) is 2. The Morgan fingerprint density at radius 3 is 2.69 bits per heavy atom. The van der Waals surface area contributed by atoms with E-state index in [0.29, 0.717) is 29.2 Å². The molecule has 3 fully saturated rings. The number of carbonyl (C=O) groups excluding carboxylic acids is 1. The van der Waals surface area contributed by atoms with Crippen LogP contribution in [0.2, 0.25) is 0 Å². The number of morpholine rings is 1. The number of aromatic nitrogens is 3. The van der Waals surface area contributed by atoms with Crippen molar-refractivity contribution < 1.29 is 14.3 Å². The molecule has 3 aromatic rings. The molecule has 8 heteroatoms. The minimum absolute atomic E-state index is 0.255. The van der Waals surface area contributed by atoms with Gasteiger partial charge in [-0.25, -0.2) is 4.98 Å². The van der Waals surface area contributed by atoms with Crippen LogP contribution in [0.4, 0.5) is 11.5 Å². The summed E-state index contributed by atoms with van der Waals surface area (Å²) >= 11 is 0.